The Morgan fingerprint density at radius 3 is 2.47 bits per heavy atom. The summed E-state index contributed by atoms with van der Waals surface area (Å²) in [5.74, 6) is 5.64. The second-order valence-electron chi connectivity index (χ2n) is 3.51. The Labute approximate surface area is 99.8 Å². The van der Waals surface area contributed by atoms with E-state index in [0.717, 1.165) is 28.9 Å². The third-order valence-corrected chi connectivity index (χ3v) is 2.25. The van der Waals surface area contributed by atoms with Crippen molar-refractivity contribution in [1.29, 1.82) is 0 Å². The van der Waals surface area contributed by atoms with Gasteiger partial charge in [-0.15, -0.1) is 0 Å². The molecule has 2 amide bonds. The van der Waals surface area contributed by atoms with Gasteiger partial charge in [-0.05, 0) is 37.1 Å². The smallest absolute Gasteiger partial charge is 0.324 e. The van der Waals surface area contributed by atoms with Gasteiger partial charge in [0.1, 0.15) is 12.1 Å². The van der Waals surface area contributed by atoms with Gasteiger partial charge in [-0.3, -0.25) is 5.32 Å². The molecule has 17 heavy (non-hydrogen) atoms. The molecule has 1 aromatic carbocycles. The fraction of sp³-hybridized carbons (Fsp3) is 0.273. The second kappa shape index (κ2) is 5.74. The van der Waals surface area contributed by atoms with E-state index in [1.807, 2.05) is 26.0 Å². The highest BCUT2D eigenvalue weighted by atomic mass is 16.5. The molecule has 6 heteroatoms. The number of benzene rings is 1. The highest BCUT2D eigenvalue weighted by Crippen LogP contribution is 2.25. The van der Waals surface area contributed by atoms with Crippen LogP contribution in [0.15, 0.2) is 17.2 Å². The van der Waals surface area contributed by atoms with Crippen molar-refractivity contribution in [2.24, 2.45) is 10.9 Å². The molecular weight excluding hydrogens is 220 g/mol. The van der Waals surface area contributed by atoms with E-state index >= 15 is 0 Å². The number of hydrazone groups is 1. The standard InChI is InChI=1S/C11H16N4O2/c1-7-4-9(17-3)5-8(2)10(7)15-11(16)13-6-14-12/h4-6H,12H2,1-3H3,(H2,13,14,15,16). The van der Waals surface area contributed by atoms with E-state index in [1.165, 1.54) is 0 Å². The summed E-state index contributed by atoms with van der Waals surface area (Å²) in [5, 5.41) is 8.25. The molecule has 0 fully saturated rings. The van der Waals surface area contributed by atoms with Crippen LogP contribution in [-0.2, 0) is 0 Å². The van der Waals surface area contributed by atoms with Gasteiger partial charge in [0.15, 0.2) is 0 Å². The molecule has 6 nitrogen and oxygen atoms in total. The van der Waals surface area contributed by atoms with E-state index in [-0.39, 0.29) is 0 Å². The lowest BCUT2D eigenvalue weighted by Crippen LogP contribution is -2.28. The summed E-state index contributed by atoms with van der Waals surface area (Å²) < 4.78 is 5.13. The van der Waals surface area contributed by atoms with Gasteiger partial charge in [-0.2, -0.15) is 5.10 Å². The number of hydrogen-bond acceptors (Lipinski definition) is 4. The average Bonchev–Trinajstić information content (AvgIpc) is 2.30. The predicted molar refractivity (Wildman–Crippen MR) is 67.3 cm³/mol. The number of methoxy groups -OCH3 is 1. The molecule has 0 unspecified atom stereocenters. The van der Waals surface area contributed by atoms with Crippen molar-refractivity contribution in [3.8, 4) is 5.75 Å². The summed E-state index contributed by atoms with van der Waals surface area (Å²) in [7, 11) is 1.60. The Hall–Kier alpha value is -2.24. The van der Waals surface area contributed by atoms with E-state index in [1.54, 1.807) is 7.11 Å². The number of nitrogens with zero attached hydrogens (tertiary/aromatic N) is 1. The highest BCUT2D eigenvalue weighted by molar-refractivity contribution is 5.97. The van der Waals surface area contributed by atoms with Gasteiger partial charge in [0.05, 0.1) is 7.11 Å². The topological polar surface area (TPSA) is 88.7 Å². The number of carbonyl (C=O) groups is 1. The van der Waals surface area contributed by atoms with E-state index in [4.69, 9.17) is 10.6 Å². The fourth-order valence-corrected chi connectivity index (χ4v) is 1.48. The first-order valence-corrected chi connectivity index (χ1v) is 5.03. The number of amides is 2. The van der Waals surface area contributed by atoms with Crippen molar-refractivity contribution in [3.05, 3.63) is 23.3 Å². The van der Waals surface area contributed by atoms with Crippen LogP contribution in [0.5, 0.6) is 5.75 Å². The first-order valence-electron chi connectivity index (χ1n) is 5.03. The number of hydrogen-bond donors (Lipinski definition) is 3. The van der Waals surface area contributed by atoms with Crippen molar-refractivity contribution < 1.29 is 9.53 Å². The van der Waals surface area contributed by atoms with Crippen LogP contribution in [-0.4, -0.2) is 19.5 Å². The van der Waals surface area contributed by atoms with Gasteiger partial charge in [0.2, 0.25) is 0 Å². The number of nitrogens with two attached hydrogens (primary N) is 1. The predicted octanol–water partition coefficient (Wildman–Crippen LogP) is 1.34. The molecule has 0 aliphatic carbocycles. The van der Waals surface area contributed by atoms with Gasteiger partial charge in [0, 0.05) is 5.69 Å². The molecule has 0 aliphatic heterocycles. The van der Waals surface area contributed by atoms with Crippen LogP contribution in [0.1, 0.15) is 11.1 Å². The number of nitrogens with one attached hydrogen (secondary N) is 2. The first kappa shape index (κ1) is 12.8. The van der Waals surface area contributed by atoms with Crippen LogP contribution < -0.4 is 21.2 Å². The Morgan fingerprint density at radius 1 is 1.41 bits per heavy atom. The Bertz CT molecular complexity index is 420. The van der Waals surface area contributed by atoms with Crippen LogP contribution in [0, 0.1) is 13.8 Å². The molecule has 1 aromatic rings. The molecule has 0 bridgehead atoms. The molecule has 92 valence electrons. The molecule has 0 aliphatic rings. The summed E-state index contributed by atoms with van der Waals surface area (Å²) >= 11 is 0. The van der Waals surface area contributed by atoms with Crippen molar-refractivity contribution in [3.63, 3.8) is 0 Å². The normalized spacial score (nSPS) is 10.3. The molecule has 4 N–H and O–H groups in total. The second-order valence-corrected chi connectivity index (χ2v) is 3.51. The van der Waals surface area contributed by atoms with E-state index in [2.05, 4.69) is 15.7 Å². The molecule has 0 saturated carbocycles. The van der Waals surface area contributed by atoms with Gasteiger partial charge in [-0.25, -0.2) is 4.79 Å². The third-order valence-electron chi connectivity index (χ3n) is 2.25. The summed E-state index contributed by atoms with van der Waals surface area (Å²) in [6, 6.07) is 3.30. The molecule has 0 aromatic heterocycles. The minimum atomic E-state index is -0.393. The number of anilines is 1. The molecule has 0 saturated heterocycles. The minimum Gasteiger partial charge on any atom is -0.497 e. The maximum absolute atomic E-state index is 11.4. The Balaban J connectivity index is 2.88. The molecule has 0 radical (unpaired) electrons. The van der Waals surface area contributed by atoms with Gasteiger partial charge >= 0.3 is 6.03 Å². The van der Waals surface area contributed by atoms with Gasteiger partial charge < -0.3 is 15.9 Å². The van der Waals surface area contributed by atoms with Crippen LogP contribution in [0.4, 0.5) is 10.5 Å². The van der Waals surface area contributed by atoms with E-state index in [0.29, 0.717) is 0 Å². The quantitative estimate of drug-likeness (QED) is 0.320. The molecule has 0 spiro atoms. The lowest BCUT2D eigenvalue weighted by molar-refractivity contribution is 0.256. The van der Waals surface area contributed by atoms with Crippen LogP contribution >= 0.6 is 0 Å². The number of carbonyl (C=O) groups excluding carboxylic acids is 1. The van der Waals surface area contributed by atoms with Crippen LogP contribution in [0.25, 0.3) is 0 Å². The summed E-state index contributed by atoms with van der Waals surface area (Å²) in [4.78, 5) is 11.4. The van der Waals surface area contributed by atoms with E-state index in [9.17, 15) is 4.79 Å². The number of rotatable bonds is 3. The summed E-state index contributed by atoms with van der Waals surface area (Å²) in [6.45, 7) is 3.78. The van der Waals surface area contributed by atoms with Crippen LogP contribution in [0.3, 0.4) is 0 Å². The Kier molecular flexibility index (Phi) is 4.33. The largest absolute Gasteiger partial charge is 0.497 e. The summed E-state index contributed by atoms with van der Waals surface area (Å²) in [6.07, 6.45) is 1.11. The zero-order valence-electron chi connectivity index (χ0n) is 10.1. The molecule has 0 atom stereocenters. The highest BCUT2D eigenvalue weighted by Gasteiger charge is 2.08. The van der Waals surface area contributed by atoms with Crippen molar-refractivity contribution >= 4 is 18.1 Å². The zero-order chi connectivity index (χ0) is 12.8. The SMILES string of the molecule is COc1cc(C)c(NC(=O)NC=NN)c(C)c1. The van der Waals surface area contributed by atoms with E-state index < -0.39 is 6.03 Å². The van der Waals surface area contributed by atoms with Crippen molar-refractivity contribution in [2.75, 3.05) is 12.4 Å². The molecule has 0 heterocycles. The molecular formula is C11H16N4O2. The lowest BCUT2D eigenvalue weighted by Gasteiger charge is -2.12. The first-order chi connectivity index (χ1) is 8.08. The maximum Gasteiger partial charge on any atom is 0.324 e. The van der Waals surface area contributed by atoms with Crippen molar-refractivity contribution in [2.45, 2.75) is 13.8 Å². The van der Waals surface area contributed by atoms with Gasteiger partial charge in [0.25, 0.3) is 0 Å². The number of urea groups is 1. The minimum absolute atomic E-state index is 0.393. The van der Waals surface area contributed by atoms with Crippen molar-refractivity contribution in [1.82, 2.24) is 5.32 Å². The summed E-state index contributed by atoms with van der Waals surface area (Å²) in [5.41, 5.74) is 2.58. The molecule has 1 rings (SSSR count). The Morgan fingerprint density at radius 2 is 2.00 bits per heavy atom. The lowest BCUT2D eigenvalue weighted by atomic mass is 10.1. The monoisotopic (exact) mass is 236 g/mol. The van der Waals surface area contributed by atoms with Crippen LogP contribution in [0.2, 0.25) is 0 Å². The van der Waals surface area contributed by atoms with Gasteiger partial charge in [-0.1, -0.05) is 0 Å². The third kappa shape index (κ3) is 3.37. The fourth-order valence-electron chi connectivity index (χ4n) is 1.48. The maximum atomic E-state index is 11.4. The number of aryl methyl sites for hydroxylation is 2. The average molecular weight is 236 g/mol. The zero-order valence-corrected chi connectivity index (χ0v) is 10.1. The number of ether oxygens (including phenoxy) is 1.